The molecule has 0 unspecified atom stereocenters. The first-order chi connectivity index (χ1) is 12.6. The molecule has 1 aromatic heterocycles. The van der Waals surface area contributed by atoms with Crippen LogP contribution < -0.4 is 14.8 Å². The Morgan fingerprint density at radius 2 is 2.15 bits per heavy atom. The van der Waals surface area contributed by atoms with E-state index in [4.69, 9.17) is 9.47 Å². The maximum atomic E-state index is 12.5. The van der Waals surface area contributed by atoms with Crippen LogP contribution in [0.15, 0.2) is 41.8 Å². The van der Waals surface area contributed by atoms with E-state index in [2.05, 4.69) is 16.4 Å². The Balaban J connectivity index is 1.52. The monoisotopic (exact) mass is 366 g/mol. The number of amides is 1. The molecule has 0 fully saturated rings. The lowest BCUT2D eigenvalue weighted by molar-refractivity contribution is 0.102. The first-order valence-electron chi connectivity index (χ1n) is 8.31. The van der Waals surface area contributed by atoms with E-state index in [0.29, 0.717) is 16.4 Å². The molecule has 0 saturated heterocycles. The average Bonchev–Trinajstić information content (AvgIpc) is 3.30. The number of nitrogens with zero attached hydrogens (tertiary/aromatic N) is 1. The van der Waals surface area contributed by atoms with Crippen molar-refractivity contribution in [1.82, 2.24) is 4.98 Å². The van der Waals surface area contributed by atoms with Crippen molar-refractivity contribution in [2.75, 3.05) is 19.0 Å². The van der Waals surface area contributed by atoms with Gasteiger partial charge in [-0.05, 0) is 48.4 Å². The quantitative estimate of drug-likeness (QED) is 0.747. The third kappa shape index (κ3) is 3.15. The number of anilines is 1. The number of aryl methyl sites for hydroxylation is 1. The van der Waals surface area contributed by atoms with Gasteiger partial charge in [-0.1, -0.05) is 6.07 Å². The minimum atomic E-state index is -0.202. The summed E-state index contributed by atoms with van der Waals surface area (Å²) in [4.78, 5) is 17.0. The highest BCUT2D eigenvalue weighted by atomic mass is 32.1. The Morgan fingerprint density at radius 1 is 1.27 bits per heavy atom. The Hall–Kier alpha value is -2.86. The van der Waals surface area contributed by atoms with E-state index in [1.807, 2.05) is 30.5 Å². The van der Waals surface area contributed by atoms with Crippen LogP contribution in [0.4, 0.5) is 5.13 Å². The summed E-state index contributed by atoms with van der Waals surface area (Å²) in [5.41, 5.74) is 4.61. The minimum Gasteiger partial charge on any atom is -0.496 e. The van der Waals surface area contributed by atoms with Crippen molar-refractivity contribution < 1.29 is 14.3 Å². The Kier molecular flexibility index (Phi) is 4.34. The number of methoxy groups -OCH3 is 1. The Bertz CT molecular complexity index is 981. The third-order valence-corrected chi connectivity index (χ3v) is 5.14. The number of hydrogen-bond donors (Lipinski definition) is 1. The van der Waals surface area contributed by atoms with Crippen molar-refractivity contribution in [3.63, 3.8) is 0 Å². The molecule has 2 heterocycles. The number of fused-ring (bicyclic) bond motifs is 1. The molecule has 0 bridgehead atoms. The fourth-order valence-electron chi connectivity index (χ4n) is 2.94. The molecule has 5 nitrogen and oxygen atoms in total. The van der Waals surface area contributed by atoms with Gasteiger partial charge in [0.1, 0.15) is 11.5 Å². The molecule has 3 aromatic rings. The van der Waals surface area contributed by atoms with E-state index in [1.54, 1.807) is 19.2 Å². The van der Waals surface area contributed by atoms with Gasteiger partial charge in [0.25, 0.3) is 5.91 Å². The molecular weight excluding hydrogens is 348 g/mol. The highest BCUT2D eigenvalue weighted by Crippen LogP contribution is 2.32. The summed E-state index contributed by atoms with van der Waals surface area (Å²) >= 11 is 1.41. The molecule has 1 aliphatic heterocycles. The lowest BCUT2D eigenvalue weighted by atomic mass is 10.1. The zero-order valence-electron chi connectivity index (χ0n) is 14.5. The fraction of sp³-hybridized carbons (Fsp3) is 0.200. The molecule has 0 aliphatic carbocycles. The second kappa shape index (κ2) is 6.80. The van der Waals surface area contributed by atoms with Gasteiger partial charge in [0, 0.05) is 22.9 Å². The highest BCUT2D eigenvalue weighted by molar-refractivity contribution is 7.14. The number of rotatable bonds is 4. The first-order valence-corrected chi connectivity index (χ1v) is 9.19. The van der Waals surface area contributed by atoms with Crippen molar-refractivity contribution in [3.8, 4) is 22.8 Å². The molecule has 1 amide bonds. The summed E-state index contributed by atoms with van der Waals surface area (Å²) in [6.45, 7) is 2.67. The molecule has 4 rings (SSSR count). The summed E-state index contributed by atoms with van der Waals surface area (Å²) in [5.74, 6) is 1.44. The van der Waals surface area contributed by atoms with Crippen LogP contribution in [0.1, 0.15) is 21.5 Å². The predicted octanol–water partition coefficient (Wildman–Crippen LogP) is 4.31. The van der Waals surface area contributed by atoms with Crippen molar-refractivity contribution in [2.45, 2.75) is 13.3 Å². The van der Waals surface area contributed by atoms with Gasteiger partial charge in [0.15, 0.2) is 5.13 Å². The second-order valence-electron chi connectivity index (χ2n) is 6.10. The molecule has 0 spiro atoms. The maximum Gasteiger partial charge on any atom is 0.257 e. The minimum absolute atomic E-state index is 0.202. The molecule has 2 aromatic carbocycles. The summed E-state index contributed by atoms with van der Waals surface area (Å²) in [7, 11) is 1.60. The Labute approximate surface area is 155 Å². The van der Waals surface area contributed by atoms with Crippen LogP contribution in [0.5, 0.6) is 11.5 Å². The highest BCUT2D eigenvalue weighted by Gasteiger charge is 2.15. The number of carbonyl (C=O) groups is 1. The lowest BCUT2D eigenvalue weighted by Gasteiger charge is -2.07. The van der Waals surface area contributed by atoms with E-state index in [0.717, 1.165) is 35.6 Å². The van der Waals surface area contributed by atoms with E-state index >= 15 is 0 Å². The number of benzene rings is 2. The summed E-state index contributed by atoms with van der Waals surface area (Å²) in [6.07, 6.45) is 0.923. The number of ether oxygens (including phenoxy) is 2. The van der Waals surface area contributed by atoms with Crippen LogP contribution >= 0.6 is 11.3 Å². The Morgan fingerprint density at radius 3 is 3.00 bits per heavy atom. The van der Waals surface area contributed by atoms with Gasteiger partial charge >= 0.3 is 0 Å². The fourth-order valence-corrected chi connectivity index (χ4v) is 3.65. The van der Waals surface area contributed by atoms with Gasteiger partial charge in [-0.3, -0.25) is 10.1 Å². The van der Waals surface area contributed by atoms with Gasteiger partial charge in [-0.25, -0.2) is 4.98 Å². The van der Waals surface area contributed by atoms with Crippen LogP contribution in [0.3, 0.4) is 0 Å². The summed E-state index contributed by atoms with van der Waals surface area (Å²) in [5, 5.41) is 5.38. The molecule has 26 heavy (non-hydrogen) atoms. The van der Waals surface area contributed by atoms with Gasteiger partial charge in [0.05, 0.1) is 19.4 Å². The third-order valence-electron chi connectivity index (χ3n) is 4.38. The van der Waals surface area contributed by atoms with Crippen molar-refractivity contribution in [1.29, 1.82) is 0 Å². The van der Waals surface area contributed by atoms with Crippen LogP contribution in [-0.2, 0) is 6.42 Å². The molecule has 1 N–H and O–H groups in total. The molecule has 6 heteroatoms. The van der Waals surface area contributed by atoms with Crippen LogP contribution in [0, 0.1) is 6.92 Å². The predicted molar refractivity (Wildman–Crippen MR) is 102 cm³/mol. The van der Waals surface area contributed by atoms with Crippen LogP contribution in [-0.4, -0.2) is 24.6 Å². The topological polar surface area (TPSA) is 60.5 Å². The number of carbonyl (C=O) groups excluding carboxylic acids is 1. The lowest BCUT2D eigenvalue weighted by Crippen LogP contribution is -2.12. The van der Waals surface area contributed by atoms with Gasteiger partial charge in [-0.2, -0.15) is 0 Å². The molecule has 0 saturated carbocycles. The zero-order valence-corrected chi connectivity index (χ0v) is 15.4. The number of aromatic nitrogens is 1. The molecule has 132 valence electrons. The SMILES string of the molecule is COc1cc(C(=O)Nc2nc(-c3ccc4c(c3)CCO4)cs2)ccc1C. The number of nitrogens with one attached hydrogen (secondary N) is 1. The van der Waals surface area contributed by atoms with Crippen molar-refractivity contribution >= 4 is 22.4 Å². The first kappa shape index (κ1) is 16.6. The molecule has 1 aliphatic rings. The van der Waals surface area contributed by atoms with Gasteiger partial charge in [-0.15, -0.1) is 11.3 Å². The van der Waals surface area contributed by atoms with Crippen molar-refractivity contribution in [2.24, 2.45) is 0 Å². The number of hydrogen-bond acceptors (Lipinski definition) is 5. The summed E-state index contributed by atoms with van der Waals surface area (Å²) < 4.78 is 10.8. The standard InChI is InChI=1S/C20H18N2O3S/c1-12-3-4-15(10-18(12)24-2)19(23)22-20-21-16(11-26-20)13-5-6-17-14(9-13)7-8-25-17/h3-6,9-11H,7-8H2,1-2H3,(H,21,22,23). The zero-order chi connectivity index (χ0) is 18.1. The van der Waals surface area contributed by atoms with Gasteiger partial charge in [0.2, 0.25) is 0 Å². The van der Waals surface area contributed by atoms with Crippen molar-refractivity contribution in [3.05, 3.63) is 58.5 Å². The van der Waals surface area contributed by atoms with E-state index in [9.17, 15) is 4.79 Å². The largest absolute Gasteiger partial charge is 0.496 e. The van der Waals surface area contributed by atoms with Crippen LogP contribution in [0.25, 0.3) is 11.3 Å². The molecule has 0 radical (unpaired) electrons. The van der Waals surface area contributed by atoms with E-state index < -0.39 is 0 Å². The average molecular weight is 366 g/mol. The van der Waals surface area contributed by atoms with Crippen LogP contribution in [0.2, 0.25) is 0 Å². The molecular formula is C20H18N2O3S. The second-order valence-corrected chi connectivity index (χ2v) is 6.96. The number of thiazole rings is 1. The maximum absolute atomic E-state index is 12.5. The molecule has 0 atom stereocenters. The summed E-state index contributed by atoms with van der Waals surface area (Å²) in [6, 6.07) is 11.5. The van der Waals surface area contributed by atoms with E-state index in [1.165, 1.54) is 16.9 Å². The van der Waals surface area contributed by atoms with Gasteiger partial charge < -0.3 is 9.47 Å². The smallest absolute Gasteiger partial charge is 0.257 e. The van der Waals surface area contributed by atoms with E-state index in [-0.39, 0.29) is 5.91 Å². The normalized spacial score (nSPS) is 12.4.